The van der Waals surface area contributed by atoms with E-state index in [1.54, 1.807) is 13.2 Å². The van der Waals surface area contributed by atoms with Gasteiger partial charge in [-0.1, -0.05) is 37.5 Å². The maximum absolute atomic E-state index is 13.6. The summed E-state index contributed by atoms with van der Waals surface area (Å²) in [6, 6.07) is 19.0. The van der Waals surface area contributed by atoms with Crippen molar-refractivity contribution in [2.45, 2.75) is 110 Å². The molecule has 364 valence electrons. The Morgan fingerprint density at radius 3 is 2.51 bits per heavy atom. The third-order valence-corrected chi connectivity index (χ3v) is 17.2. The minimum atomic E-state index is -1.12. The zero-order valence-corrected chi connectivity index (χ0v) is 41.1. The molecule has 1 saturated heterocycles. The van der Waals surface area contributed by atoms with Crippen LogP contribution in [-0.2, 0) is 30.5 Å². The van der Waals surface area contributed by atoms with Crippen LogP contribution in [0.25, 0.3) is 33.4 Å². The van der Waals surface area contributed by atoms with Crippen molar-refractivity contribution in [3.05, 3.63) is 113 Å². The third-order valence-electron chi connectivity index (χ3n) is 17.2. The summed E-state index contributed by atoms with van der Waals surface area (Å²) in [7, 11) is 2.17. The predicted octanol–water partition coefficient (Wildman–Crippen LogP) is 10.7. The van der Waals surface area contributed by atoms with E-state index in [2.05, 4.69) is 77.0 Å². The number of carbonyl (C=O) groups is 4. The number of aromatic nitrogens is 2. The standard InChI is InChI=1S/C58H65N5O7/c1-37(64)58(70-38(2)65)21-19-51-49-16-11-41-30-46(66)14-17-48(41)54(49)50(33-57(51,58)3)39-9-12-45(13-10-39)60(4)22-7-5-6-8-23-61-24-26-62(27-25-61)56(67)69-47-15-18-52-42(31-47)29-43-34-63-35-44-36-68-28-20-40(44)32-53(63)55(43)59-52/h9-10,12-13,15,18,20,28-32,34-35,49-51H,5-8,11,14,16-17,19,21-27,33,36H2,1-4H3/t49-,50+,51-,57-,58-/m0/s1. The Labute approximate surface area is 410 Å². The predicted molar refractivity (Wildman–Crippen MR) is 272 cm³/mol. The first-order valence-corrected chi connectivity index (χ1v) is 25.7. The molecule has 2 aliphatic heterocycles. The lowest BCUT2D eigenvalue weighted by Crippen LogP contribution is -2.57. The number of piperazine rings is 1. The van der Waals surface area contributed by atoms with Gasteiger partial charge in [-0.3, -0.25) is 19.3 Å². The average molecular weight is 944 g/mol. The van der Waals surface area contributed by atoms with Gasteiger partial charge < -0.3 is 28.4 Å². The van der Waals surface area contributed by atoms with Gasteiger partial charge in [0.25, 0.3) is 0 Å². The number of anilines is 1. The van der Waals surface area contributed by atoms with E-state index in [0.29, 0.717) is 44.2 Å². The molecular weight excluding hydrogens is 879 g/mol. The van der Waals surface area contributed by atoms with Gasteiger partial charge in [0.05, 0.1) is 22.8 Å². The van der Waals surface area contributed by atoms with Gasteiger partial charge in [0.1, 0.15) is 12.4 Å². The number of amides is 1. The van der Waals surface area contributed by atoms with E-state index >= 15 is 0 Å². The molecule has 6 aliphatic rings. The highest BCUT2D eigenvalue weighted by atomic mass is 16.6. The monoisotopic (exact) mass is 943 g/mol. The van der Waals surface area contributed by atoms with Gasteiger partial charge in [-0.15, -0.1) is 0 Å². The van der Waals surface area contributed by atoms with Crippen LogP contribution in [0.4, 0.5) is 10.5 Å². The molecule has 0 spiro atoms. The summed E-state index contributed by atoms with van der Waals surface area (Å²) in [5.74, 6) is 0.917. The Hall–Kier alpha value is -6.27. The molecule has 3 aromatic heterocycles. The molecule has 0 bridgehead atoms. The summed E-state index contributed by atoms with van der Waals surface area (Å²) < 4.78 is 19.6. The lowest BCUT2D eigenvalue weighted by molar-refractivity contribution is -0.182. The number of hydrogen-bond donors (Lipinski definition) is 0. The summed E-state index contributed by atoms with van der Waals surface area (Å²) in [6.07, 6.45) is 19.4. The number of benzene rings is 2. The zero-order valence-electron chi connectivity index (χ0n) is 41.1. The fourth-order valence-corrected chi connectivity index (χ4v) is 13.6. The highest BCUT2D eigenvalue weighted by molar-refractivity contribution is 6.01. The number of rotatable bonds is 12. The molecule has 11 rings (SSSR count). The van der Waals surface area contributed by atoms with E-state index < -0.39 is 17.0 Å². The molecule has 12 nitrogen and oxygen atoms in total. The Balaban J connectivity index is 0.654. The summed E-state index contributed by atoms with van der Waals surface area (Å²) >= 11 is 0. The van der Waals surface area contributed by atoms with Crippen LogP contribution in [0.15, 0.2) is 96.0 Å². The molecule has 2 aromatic carbocycles. The van der Waals surface area contributed by atoms with Gasteiger partial charge in [0.2, 0.25) is 0 Å². The molecule has 70 heavy (non-hydrogen) atoms. The number of unbranched alkanes of at least 4 members (excludes halogenated alkanes) is 3. The van der Waals surface area contributed by atoms with Gasteiger partial charge >= 0.3 is 12.1 Å². The first-order chi connectivity index (χ1) is 33.9. The number of carbonyl (C=O) groups excluding carboxylic acids is 4. The van der Waals surface area contributed by atoms with Gasteiger partial charge in [-0.25, -0.2) is 9.78 Å². The highest BCUT2D eigenvalue weighted by Crippen LogP contribution is 2.68. The molecule has 5 aromatic rings. The van der Waals surface area contributed by atoms with Crippen LogP contribution < -0.4 is 9.64 Å². The summed E-state index contributed by atoms with van der Waals surface area (Å²) in [4.78, 5) is 63.6. The average Bonchev–Trinajstić information content (AvgIpc) is 3.85. The quantitative estimate of drug-likeness (QED) is 0.0882. The Morgan fingerprint density at radius 2 is 1.71 bits per heavy atom. The van der Waals surface area contributed by atoms with E-state index in [9.17, 15) is 19.2 Å². The normalized spacial score (nSPS) is 25.3. The maximum Gasteiger partial charge on any atom is 0.415 e. The smallest absolute Gasteiger partial charge is 0.415 e. The van der Waals surface area contributed by atoms with Crippen molar-refractivity contribution in [2.75, 3.05) is 51.2 Å². The van der Waals surface area contributed by atoms with Crippen molar-refractivity contribution in [2.24, 2.45) is 17.3 Å². The summed E-state index contributed by atoms with van der Waals surface area (Å²) in [5.41, 5.74) is 9.97. The minimum Gasteiger partial charge on any atom is -0.496 e. The minimum absolute atomic E-state index is 0.0463. The number of ether oxygens (including phenoxy) is 3. The van der Waals surface area contributed by atoms with Crippen LogP contribution in [0.5, 0.6) is 5.75 Å². The molecule has 4 aliphatic carbocycles. The Kier molecular flexibility index (Phi) is 12.2. The highest BCUT2D eigenvalue weighted by Gasteiger charge is 2.67. The van der Waals surface area contributed by atoms with Crippen LogP contribution in [0.1, 0.15) is 114 Å². The lowest BCUT2D eigenvalue weighted by Gasteiger charge is -2.55. The van der Waals surface area contributed by atoms with Crippen molar-refractivity contribution < 1.29 is 33.4 Å². The Bertz CT molecular complexity index is 3010. The van der Waals surface area contributed by atoms with Crippen LogP contribution >= 0.6 is 0 Å². The molecule has 0 N–H and O–H groups in total. The van der Waals surface area contributed by atoms with E-state index in [-0.39, 0.29) is 29.5 Å². The zero-order chi connectivity index (χ0) is 48.3. The number of hydrogen-bond acceptors (Lipinski definition) is 10. The SMILES string of the molecule is CC(=O)O[C@]1(C(C)=O)CC[C@H]2[C@@H]3CCC4=CC(=O)CCC4=C3[C@@H](c3ccc(N(C)CCCCCCN4CCN(C(=O)Oc5ccc6nc7c(cc6c5)cn5cc6c(cc75)C=COC6)CC4)cc3)C[C@@]21C. The van der Waals surface area contributed by atoms with Crippen LogP contribution in [0.3, 0.4) is 0 Å². The fraction of sp³-hybridized carbons (Fsp3) is 0.466. The summed E-state index contributed by atoms with van der Waals surface area (Å²) in [6.45, 7) is 10.8. The van der Waals surface area contributed by atoms with Crippen molar-refractivity contribution in [3.8, 4) is 5.75 Å². The maximum atomic E-state index is 13.6. The molecule has 5 heterocycles. The second-order valence-electron chi connectivity index (χ2n) is 21.2. The van der Waals surface area contributed by atoms with Crippen LogP contribution in [0.2, 0.25) is 0 Å². The van der Waals surface area contributed by atoms with Gasteiger partial charge in [-0.05, 0) is 154 Å². The molecule has 12 heteroatoms. The molecule has 3 fully saturated rings. The number of ketones is 2. The summed E-state index contributed by atoms with van der Waals surface area (Å²) in [5, 5.41) is 1.95. The second kappa shape index (κ2) is 18.5. The number of pyridine rings is 2. The number of allylic oxidation sites excluding steroid dienone is 4. The van der Waals surface area contributed by atoms with Crippen molar-refractivity contribution >= 4 is 62.7 Å². The number of fused-ring (bicyclic) bond motifs is 9. The third kappa shape index (κ3) is 8.29. The van der Waals surface area contributed by atoms with Crippen molar-refractivity contribution in [1.82, 2.24) is 19.2 Å². The van der Waals surface area contributed by atoms with Crippen LogP contribution in [0, 0.1) is 17.3 Å². The second-order valence-corrected chi connectivity index (χ2v) is 21.2. The van der Waals surface area contributed by atoms with E-state index in [1.165, 1.54) is 34.9 Å². The van der Waals surface area contributed by atoms with Gasteiger partial charge in [-0.2, -0.15) is 0 Å². The first kappa shape index (κ1) is 46.1. The Morgan fingerprint density at radius 1 is 0.900 bits per heavy atom. The topological polar surface area (TPSA) is 123 Å². The lowest BCUT2D eigenvalue weighted by atomic mass is 9.50. The molecule has 2 saturated carbocycles. The fourth-order valence-electron chi connectivity index (χ4n) is 13.6. The van der Waals surface area contributed by atoms with Crippen LogP contribution in [-0.4, -0.2) is 94.7 Å². The van der Waals surface area contributed by atoms with Crippen molar-refractivity contribution in [3.63, 3.8) is 0 Å². The molecule has 5 atom stereocenters. The largest absolute Gasteiger partial charge is 0.496 e. The number of Topliss-reactive ketones (excluding diaryl/α,β-unsaturated/α-hetero) is 1. The molecular formula is C58H65N5O7. The number of esters is 1. The van der Waals surface area contributed by atoms with Crippen molar-refractivity contribution in [1.29, 1.82) is 0 Å². The van der Waals surface area contributed by atoms with E-state index in [4.69, 9.17) is 19.2 Å². The van der Waals surface area contributed by atoms with Gasteiger partial charge in [0.15, 0.2) is 17.2 Å². The number of nitrogens with zero attached hydrogens (tertiary/aromatic N) is 5. The first-order valence-electron chi connectivity index (χ1n) is 25.7. The molecule has 0 unspecified atom stereocenters. The molecule has 1 amide bonds. The van der Waals surface area contributed by atoms with E-state index in [0.717, 1.165) is 122 Å². The van der Waals surface area contributed by atoms with E-state index in [1.807, 2.05) is 35.3 Å². The van der Waals surface area contributed by atoms with Gasteiger partial charge in [0, 0.05) is 98.9 Å². The molecule has 0 radical (unpaired) electrons.